The van der Waals surface area contributed by atoms with Crippen LogP contribution in [0.25, 0.3) is 11.2 Å². The zero-order valence-electron chi connectivity index (χ0n) is 20.5. The summed E-state index contributed by atoms with van der Waals surface area (Å²) in [4.78, 5) is 31.5. The fraction of sp³-hybridized carbons (Fsp3) is 0.455. The second-order valence-electron chi connectivity index (χ2n) is 6.44. The van der Waals surface area contributed by atoms with Gasteiger partial charge >= 0.3 is 0 Å². The Kier molecular flexibility index (Phi) is 15.1. The maximum Gasteiger partial charge on any atom is 0.293 e. The second-order valence-corrected chi connectivity index (χ2v) is 8.03. The largest absolute Gasteiger partial charge is 0.468 e. The SMILES string of the molecule is CC.CCNP(COCCn1cnc2c(=O)[nH]c(N)nc21)OCc1cccc(F)c1.CCOC=O. The molecule has 0 spiro atoms. The summed E-state index contributed by atoms with van der Waals surface area (Å²) >= 11 is 0. The van der Waals surface area contributed by atoms with Gasteiger partial charge in [0.25, 0.3) is 12.0 Å². The quantitative estimate of drug-likeness (QED) is 0.189. The molecule has 1 aromatic carbocycles. The number of H-pyrrole nitrogens is 1. The van der Waals surface area contributed by atoms with E-state index in [0.29, 0.717) is 44.8 Å². The highest BCUT2D eigenvalue weighted by molar-refractivity contribution is 7.50. The molecule has 3 rings (SSSR count). The van der Waals surface area contributed by atoms with Crippen LogP contribution in [0.1, 0.15) is 33.3 Å². The van der Waals surface area contributed by atoms with E-state index in [4.69, 9.17) is 15.0 Å². The Balaban J connectivity index is 0.000000779. The van der Waals surface area contributed by atoms with Gasteiger partial charge in [-0.25, -0.2) is 9.37 Å². The summed E-state index contributed by atoms with van der Waals surface area (Å²) in [6, 6.07) is 6.32. The minimum Gasteiger partial charge on any atom is -0.468 e. The van der Waals surface area contributed by atoms with E-state index < -0.39 is 8.30 Å². The Morgan fingerprint density at radius 1 is 1.31 bits per heavy atom. The van der Waals surface area contributed by atoms with Gasteiger partial charge in [-0.3, -0.25) is 19.7 Å². The van der Waals surface area contributed by atoms with Crippen molar-refractivity contribution in [1.82, 2.24) is 24.6 Å². The number of carbonyl (C=O) groups is 1. The number of rotatable bonds is 12. The van der Waals surface area contributed by atoms with Gasteiger partial charge in [0.2, 0.25) is 5.95 Å². The predicted octanol–water partition coefficient (Wildman–Crippen LogP) is 3.16. The van der Waals surface area contributed by atoms with Crippen LogP contribution < -0.4 is 16.4 Å². The molecule has 0 fully saturated rings. The van der Waals surface area contributed by atoms with E-state index in [0.717, 1.165) is 12.1 Å². The number of halogens is 1. The highest BCUT2D eigenvalue weighted by Crippen LogP contribution is 2.33. The van der Waals surface area contributed by atoms with Gasteiger partial charge in [-0.2, -0.15) is 4.98 Å². The number of nitrogens with zero attached hydrogens (tertiary/aromatic N) is 3. The van der Waals surface area contributed by atoms with E-state index in [1.54, 1.807) is 17.6 Å². The molecule has 2 aromatic heterocycles. The third-order valence-electron chi connectivity index (χ3n) is 4.02. The predicted molar refractivity (Wildman–Crippen MR) is 134 cm³/mol. The topological polar surface area (TPSA) is 146 Å². The zero-order valence-corrected chi connectivity index (χ0v) is 21.4. The summed E-state index contributed by atoms with van der Waals surface area (Å²) < 4.78 is 30.7. The Morgan fingerprint density at radius 3 is 2.71 bits per heavy atom. The van der Waals surface area contributed by atoms with Gasteiger partial charge in [0.05, 0.1) is 26.1 Å². The molecule has 1 unspecified atom stereocenters. The number of ether oxygens (including phenoxy) is 2. The summed E-state index contributed by atoms with van der Waals surface area (Å²) in [5.41, 5.74) is 6.64. The molecule has 4 N–H and O–H groups in total. The summed E-state index contributed by atoms with van der Waals surface area (Å²) in [5, 5.41) is 3.24. The van der Waals surface area contributed by atoms with Crippen molar-refractivity contribution in [1.29, 1.82) is 0 Å². The van der Waals surface area contributed by atoms with Gasteiger partial charge in [-0.05, 0) is 31.2 Å². The molecule has 11 nitrogen and oxygen atoms in total. The number of fused-ring (bicyclic) bond motifs is 1. The first-order valence-electron chi connectivity index (χ1n) is 11.2. The number of benzene rings is 1. The van der Waals surface area contributed by atoms with Crippen molar-refractivity contribution in [3.8, 4) is 0 Å². The third kappa shape index (κ3) is 10.9. The fourth-order valence-corrected chi connectivity index (χ4v) is 3.81. The van der Waals surface area contributed by atoms with Crippen LogP contribution in [-0.4, -0.2) is 52.1 Å². The average molecular weight is 513 g/mol. The molecule has 35 heavy (non-hydrogen) atoms. The smallest absolute Gasteiger partial charge is 0.293 e. The van der Waals surface area contributed by atoms with Crippen LogP contribution in [0, 0.1) is 5.82 Å². The van der Waals surface area contributed by atoms with Gasteiger partial charge in [0, 0.05) is 6.54 Å². The lowest BCUT2D eigenvalue weighted by Gasteiger charge is -2.18. The molecular weight excluding hydrogens is 478 g/mol. The number of nitrogens with one attached hydrogen (secondary N) is 2. The lowest BCUT2D eigenvalue weighted by atomic mass is 10.2. The van der Waals surface area contributed by atoms with E-state index in [1.165, 1.54) is 18.5 Å². The van der Waals surface area contributed by atoms with Crippen molar-refractivity contribution in [2.45, 2.75) is 40.8 Å². The lowest BCUT2D eigenvalue weighted by molar-refractivity contribution is -0.128. The van der Waals surface area contributed by atoms with Crippen molar-refractivity contribution in [2.24, 2.45) is 0 Å². The number of hydrogen-bond acceptors (Lipinski definition) is 9. The van der Waals surface area contributed by atoms with E-state index in [9.17, 15) is 14.0 Å². The summed E-state index contributed by atoms with van der Waals surface area (Å²) in [6.45, 7) is 10.5. The normalized spacial score (nSPS) is 11.1. The zero-order chi connectivity index (χ0) is 26.1. The highest BCUT2D eigenvalue weighted by atomic mass is 31.2. The van der Waals surface area contributed by atoms with Crippen LogP contribution in [-0.2, 0) is 31.9 Å². The van der Waals surface area contributed by atoms with Gasteiger partial charge in [-0.15, -0.1) is 0 Å². The summed E-state index contributed by atoms with van der Waals surface area (Å²) in [5.74, 6) is -0.243. The Bertz CT molecular complexity index is 1060. The molecule has 194 valence electrons. The molecule has 0 aliphatic heterocycles. The van der Waals surface area contributed by atoms with E-state index in [1.807, 2.05) is 26.8 Å². The lowest BCUT2D eigenvalue weighted by Crippen LogP contribution is -2.15. The van der Waals surface area contributed by atoms with Gasteiger partial charge in [0.15, 0.2) is 11.2 Å². The fourth-order valence-electron chi connectivity index (χ4n) is 2.60. The Labute approximate surface area is 205 Å². The van der Waals surface area contributed by atoms with E-state index in [2.05, 4.69) is 24.8 Å². The maximum atomic E-state index is 13.3. The van der Waals surface area contributed by atoms with E-state index in [-0.39, 0.29) is 22.8 Å². The number of carbonyl (C=O) groups excluding carboxylic acids is 1. The monoisotopic (exact) mass is 512 g/mol. The number of nitrogen functional groups attached to an aromatic ring is 1. The molecule has 0 aliphatic rings. The molecule has 2 heterocycles. The number of hydrogen-bond donors (Lipinski definition) is 3. The van der Waals surface area contributed by atoms with Crippen LogP contribution in [0.5, 0.6) is 0 Å². The minimum atomic E-state index is -1.02. The number of nitrogens with two attached hydrogens (primary N) is 1. The number of imidazole rings is 1. The summed E-state index contributed by atoms with van der Waals surface area (Å²) in [7, 11) is -1.02. The van der Waals surface area contributed by atoms with Crippen molar-refractivity contribution < 1.29 is 23.2 Å². The summed E-state index contributed by atoms with van der Waals surface area (Å²) in [6.07, 6.45) is 1.91. The molecule has 13 heteroatoms. The maximum absolute atomic E-state index is 13.3. The molecule has 0 bridgehead atoms. The molecule has 1 atom stereocenters. The first-order valence-corrected chi connectivity index (χ1v) is 12.6. The van der Waals surface area contributed by atoms with Crippen LogP contribution in [0.2, 0.25) is 0 Å². The Morgan fingerprint density at radius 2 is 2.09 bits per heavy atom. The van der Waals surface area contributed by atoms with Gasteiger partial charge in [-0.1, -0.05) is 32.9 Å². The first kappa shape index (κ1) is 30.1. The molecule has 0 amide bonds. The van der Waals surface area contributed by atoms with Crippen molar-refractivity contribution in [3.63, 3.8) is 0 Å². The molecule has 0 saturated heterocycles. The number of anilines is 1. The third-order valence-corrected chi connectivity index (χ3v) is 5.55. The molecule has 0 aliphatic carbocycles. The Hall–Kier alpha value is -2.92. The van der Waals surface area contributed by atoms with Crippen molar-refractivity contribution >= 4 is 31.9 Å². The second kappa shape index (κ2) is 17.5. The van der Waals surface area contributed by atoms with Crippen LogP contribution >= 0.6 is 8.30 Å². The molecular formula is C22H34FN6O5P. The average Bonchev–Trinajstić information content (AvgIpc) is 3.25. The minimum absolute atomic E-state index is 0.0431. The van der Waals surface area contributed by atoms with Crippen molar-refractivity contribution in [2.75, 3.05) is 31.8 Å². The molecule has 0 radical (unpaired) electrons. The van der Waals surface area contributed by atoms with Gasteiger partial charge < -0.3 is 24.3 Å². The van der Waals surface area contributed by atoms with Crippen LogP contribution in [0.4, 0.5) is 10.3 Å². The first-order chi connectivity index (χ1) is 17.0. The molecule has 0 saturated carbocycles. The van der Waals surface area contributed by atoms with Crippen LogP contribution in [0.3, 0.4) is 0 Å². The molecule has 3 aromatic rings. The number of aromatic nitrogens is 4. The van der Waals surface area contributed by atoms with Gasteiger partial charge in [0.1, 0.15) is 20.5 Å². The van der Waals surface area contributed by atoms with Crippen molar-refractivity contribution in [3.05, 3.63) is 52.3 Å². The number of aromatic amines is 1. The highest BCUT2D eigenvalue weighted by Gasteiger charge is 2.11. The standard InChI is InChI=1S/C17H22FN6O3P.C3H6O2.C2H6/c1-2-21-28(27-9-12-4-3-5-13(18)8-12)11-26-7-6-24-10-20-14-15(24)22-17(19)23-16(14)25;1-2-5-3-4;1-2/h3-5,8,10,21H,2,6-7,9,11H2,1H3,(H3,19,22,23,25);3H,2H2,1H3;1-2H3. The van der Waals surface area contributed by atoms with E-state index >= 15 is 0 Å². The van der Waals surface area contributed by atoms with Crippen LogP contribution in [0.15, 0.2) is 35.4 Å².